The maximum Gasteiger partial charge on any atom is 0.124 e. The van der Waals surface area contributed by atoms with Gasteiger partial charge in [0.2, 0.25) is 0 Å². The molecular formula is C12H17N3OS. The number of ether oxygens (including phenoxy) is 1. The third kappa shape index (κ3) is 2.73. The number of rotatable bonds is 3. The molecule has 1 unspecified atom stereocenters. The Hall–Kier alpha value is -1.20. The molecule has 0 amide bonds. The fourth-order valence-corrected chi connectivity index (χ4v) is 2.18. The molecule has 2 heterocycles. The molecule has 0 saturated carbocycles. The molecule has 1 aliphatic heterocycles. The van der Waals surface area contributed by atoms with Gasteiger partial charge in [0.1, 0.15) is 10.7 Å². The summed E-state index contributed by atoms with van der Waals surface area (Å²) in [4.78, 5) is 6.85. The van der Waals surface area contributed by atoms with Crippen molar-refractivity contribution in [2.75, 3.05) is 24.6 Å². The van der Waals surface area contributed by atoms with Crippen molar-refractivity contribution < 1.29 is 4.74 Å². The van der Waals surface area contributed by atoms with Crippen LogP contribution in [0.4, 0.5) is 5.69 Å². The molecule has 1 atom stereocenters. The van der Waals surface area contributed by atoms with E-state index < -0.39 is 0 Å². The predicted octanol–water partition coefficient (Wildman–Crippen LogP) is 1.33. The second kappa shape index (κ2) is 5.42. The van der Waals surface area contributed by atoms with E-state index in [1.165, 1.54) is 0 Å². The van der Waals surface area contributed by atoms with Crippen LogP contribution in [0.15, 0.2) is 18.3 Å². The average molecular weight is 251 g/mol. The lowest BCUT2D eigenvalue weighted by molar-refractivity contribution is 0.0384. The Morgan fingerprint density at radius 3 is 3.24 bits per heavy atom. The molecule has 92 valence electrons. The standard InChI is InChI=1S/C12H17N3OS/c1-2-9-8-15(6-7-16-9)10-4-3-5-14-11(10)12(13)17/h3-5,9H,2,6-8H2,1H3,(H2,13,17). The predicted molar refractivity (Wildman–Crippen MR) is 72.4 cm³/mol. The molecule has 0 aliphatic carbocycles. The molecule has 1 aromatic heterocycles. The highest BCUT2D eigenvalue weighted by Crippen LogP contribution is 2.21. The number of thiocarbonyl (C=S) groups is 1. The number of hydrogen-bond acceptors (Lipinski definition) is 4. The van der Waals surface area contributed by atoms with Crippen LogP contribution in [0, 0.1) is 0 Å². The zero-order valence-corrected chi connectivity index (χ0v) is 10.7. The van der Waals surface area contributed by atoms with E-state index in [2.05, 4.69) is 16.8 Å². The Bertz CT molecular complexity index is 410. The fraction of sp³-hybridized carbons (Fsp3) is 0.500. The van der Waals surface area contributed by atoms with Crippen molar-refractivity contribution in [2.45, 2.75) is 19.4 Å². The third-order valence-corrected chi connectivity index (χ3v) is 3.15. The van der Waals surface area contributed by atoms with Crippen molar-refractivity contribution in [1.82, 2.24) is 4.98 Å². The van der Waals surface area contributed by atoms with Crippen molar-refractivity contribution in [3.8, 4) is 0 Å². The van der Waals surface area contributed by atoms with Crippen LogP contribution in [0.1, 0.15) is 19.0 Å². The van der Waals surface area contributed by atoms with Crippen LogP contribution in [-0.2, 0) is 4.74 Å². The van der Waals surface area contributed by atoms with Crippen LogP contribution in [0.5, 0.6) is 0 Å². The van der Waals surface area contributed by atoms with E-state index in [0.29, 0.717) is 10.7 Å². The van der Waals surface area contributed by atoms with Crippen molar-refractivity contribution in [3.05, 3.63) is 24.0 Å². The quantitative estimate of drug-likeness (QED) is 0.821. The summed E-state index contributed by atoms with van der Waals surface area (Å²) in [6.07, 6.45) is 3.01. The van der Waals surface area contributed by atoms with E-state index in [0.717, 1.165) is 31.8 Å². The lowest BCUT2D eigenvalue weighted by Gasteiger charge is -2.34. The molecule has 1 aliphatic rings. The molecule has 2 N–H and O–H groups in total. The van der Waals surface area contributed by atoms with Crippen molar-refractivity contribution >= 4 is 22.9 Å². The second-order valence-electron chi connectivity index (χ2n) is 4.08. The summed E-state index contributed by atoms with van der Waals surface area (Å²) in [6.45, 7) is 4.60. The van der Waals surface area contributed by atoms with E-state index in [1.54, 1.807) is 6.20 Å². The van der Waals surface area contributed by atoms with Gasteiger partial charge in [-0.2, -0.15) is 0 Å². The molecule has 1 fully saturated rings. The van der Waals surface area contributed by atoms with E-state index in [1.807, 2.05) is 12.1 Å². The first-order chi connectivity index (χ1) is 8.22. The molecule has 17 heavy (non-hydrogen) atoms. The van der Waals surface area contributed by atoms with Gasteiger partial charge >= 0.3 is 0 Å². The maximum absolute atomic E-state index is 5.70. The molecule has 0 radical (unpaired) electrons. The van der Waals surface area contributed by atoms with Crippen LogP contribution < -0.4 is 10.6 Å². The lowest BCUT2D eigenvalue weighted by atomic mass is 10.2. The van der Waals surface area contributed by atoms with Crippen molar-refractivity contribution in [2.24, 2.45) is 5.73 Å². The maximum atomic E-state index is 5.70. The minimum atomic E-state index is 0.281. The highest BCUT2D eigenvalue weighted by molar-refractivity contribution is 7.80. The summed E-state index contributed by atoms with van der Waals surface area (Å²) in [5, 5.41) is 0. The Balaban J connectivity index is 2.24. The van der Waals surface area contributed by atoms with E-state index in [4.69, 9.17) is 22.7 Å². The summed E-state index contributed by atoms with van der Waals surface area (Å²) in [5.74, 6) is 0. The van der Waals surface area contributed by atoms with Gasteiger partial charge in [-0.05, 0) is 18.6 Å². The van der Waals surface area contributed by atoms with E-state index in [9.17, 15) is 0 Å². The summed E-state index contributed by atoms with van der Waals surface area (Å²) >= 11 is 5.03. The minimum Gasteiger partial charge on any atom is -0.388 e. The van der Waals surface area contributed by atoms with E-state index in [-0.39, 0.29) is 6.10 Å². The largest absolute Gasteiger partial charge is 0.388 e. The fourth-order valence-electron chi connectivity index (χ4n) is 2.03. The Labute approximate surface area is 107 Å². The number of nitrogens with zero attached hydrogens (tertiary/aromatic N) is 2. The third-order valence-electron chi connectivity index (χ3n) is 2.95. The van der Waals surface area contributed by atoms with Gasteiger partial charge in [0.05, 0.1) is 18.4 Å². The first-order valence-corrected chi connectivity index (χ1v) is 6.24. The number of morpholine rings is 1. The molecule has 1 aromatic rings. The number of hydrogen-bond donors (Lipinski definition) is 1. The number of pyridine rings is 1. The van der Waals surface area contributed by atoms with Gasteiger partial charge in [-0.1, -0.05) is 19.1 Å². The molecule has 0 bridgehead atoms. The first-order valence-electron chi connectivity index (χ1n) is 5.83. The lowest BCUT2D eigenvalue weighted by Crippen LogP contribution is -2.43. The van der Waals surface area contributed by atoms with Gasteiger partial charge in [-0.25, -0.2) is 0 Å². The monoisotopic (exact) mass is 251 g/mol. The second-order valence-corrected chi connectivity index (χ2v) is 4.52. The van der Waals surface area contributed by atoms with Gasteiger partial charge in [-0.3, -0.25) is 4.98 Å². The van der Waals surface area contributed by atoms with E-state index >= 15 is 0 Å². The molecule has 5 heteroatoms. The normalized spacial score (nSPS) is 20.3. The topological polar surface area (TPSA) is 51.4 Å². The molecule has 4 nitrogen and oxygen atoms in total. The first kappa shape index (κ1) is 12.3. The van der Waals surface area contributed by atoms with Crippen LogP contribution in [-0.4, -0.2) is 35.8 Å². The summed E-state index contributed by atoms with van der Waals surface area (Å²) in [6, 6.07) is 3.92. The molecule has 1 saturated heterocycles. The van der Waals surface area contributed by atoms with Crippen LogP contribution >= 0.6 is 12.2 Å². The summed E-state index contributed by atoms with van der Waals surface area (Å²) in [7, 11) is 0. The Kier molecular flexibility index (Phi) is 3.91. The SMILES string of the molecule is CCC1CN(c2cccnc2C(N)=S)CCO1. The van der Waals surface area contributed by atoms with Crippen molar-refractivity contribution in [1.29, 1.82) is 0 Å². The number of aromatic nitrogens is 1. The summed E-state index contributed by atoms with van der Waals surface area (Å²) in [5.41, 5.74) is 7.42. The van der Waals surface area contributed by atoms with Gasteiger partial charge in [0.25, 0.3) is 0 Å². The Morgan fingerprint density at radius 2 is 2.53 bits per heavy atom. The molecule has 2 rings (SSSR count). The molecular weight excluding hydrogens is 234 g/mol. The van der Waals surface area contributed by atoms with Gasteiger partial charge in [-0.15, -0.1) is 0 Å². The van der Waals surface area contributed by atoms with Gasteiger partial charge in [0, 0.05) is 19.3 Å². The van der Waals surface area contributed by atoms with Gasteiger partial charge in [0.15, 0.2) is 0 Å². The highest BCUT2D eigenvalue weighted by Gasteiger charge is 2.21. The summed E-state index contributed by atoms with van der Waals surface area (Å²) < 4.78 is 5.65. The zero-order chi connectivity index (χ0) is 12.3. The van der Waals surface area contributed by atoms with Crippen LogP contribution in [0.3, 0.4) is 0 Å². The molecule has 0 aromatic carbocycles. The minimum absolute atomic E-state index is 0.281. The number of nitrogens with two attached hydrogens (primary N) is 1. The average Bonchev–Trinajstić information content (AvgIpc) is 2.39. The van der Waals surface area contributed by atoms with Crippen LogP contribution in [0.2, 0.25) is 0 Å². The molecule has 0 spiro atoms. The van der Waals surface area contributed by atoms with Crippen molar-refractivity contribution in [3.63, 3.8) is 0 Å². The highest BCUT2D eigenvalue weighted by atomic mass is 32.1. The number of anilines is 1. The van der Waals surface area contributed by atoms with Crippen LogP contribution in [0.25, 0.3) is 0 Å². The van der Waals surface area contributed by atoms with Gasteiger partial charge < -0.3 is 15.4 Å². The Morgan fingerprint density at radius 1 is 1.71 bits per heavy atom. The smallest absolute Gasteiger partial charge is 0.124 e. The zero-order valence-electron chi connectivity index (χ0n) is 9.93.